The van der Waals surface area contributed by atoms with Crippen molar-refractivity contribution in [1.82, 2.24) is 15.0 Å². The molecular weight excluding hydrogens is 246 g/mol. The van der Waals surface area contributed by atoms with Gasteiger partial charge >= 0.3 is 6.01 Å². The first kappa shape index (κ1) is 15.4. The van der Waals surface area contributed by atoms with Gasteiger partial charge in [-0.15, -0.1) is 0 Å². The highest BCUT2D eigenvalue weighted by Gasteiger charge is 2.16. The molecule has 0 aliphatic heterocycles. The lowest BCUT2D eigenvalue weighted by atomic mass is 10.1. The van der Waals surface area contributed by atoms with Crippen molar-refractivity contribution in [2.45, 2.75) is 39.8 Å². The van der Waals surface area contributed by atoms with Gasteiger partial charge < -0.3 is 20.5 Å². The Hall–Kier alpha value is -1.63. The van der Waals surface area contributed by atoms with Gasteiger partial charge in [0.15, 0.2) is 0 Å². The first-order valence-electron chi connectivity index (χ1n) is 6.36. The van der Waals surface area contributed by atoms with Crippen LogP contribution in [0.1, 0.15) is 27.7 Å². The minimum absolute atomic E-state index is 0.0190. The van der Waals surface area contributed by atoms with Crippen LogP contribution in [0.15, 0.2) is 0 Å². The van der Waals surface area contributed by atoms with Crippen molar-refractivity contribution in [1.29, 1.82) is 0 Å². The fourth-order valence-electron chi connectivity index (χ4n) is 1.45. The Bertz CT molecular complexity index is 398. The Kier molecular flexibility index (Phi) is 5.75. The van der Waals surface area contributed by atoms with E-state index in [0.29, 0.717) is 18.5 Å². The minimum atomic E-state index is -0.0190. The van der Waals surface area contributed by atoms with Gasteiger partial charge in [0.1, 0.15) is 0 Å². The van der Waals surface area contributed by atoms with Crippen molar-refractivity contribution in [3.05, 3.63) is 0 Å². The number of rotatable bonds is 7. The molecule has 0 spiro atoms. The number of nitrogens with two attached hydrogens (primary N) is 1. The van der Waals surface area contributed by atoms with E-state index in [1.165, 1.54) is 0 Å². The highest BCUT2D eigenvalue weighted by Crippen LogP contribution is 2.14. The molecule has 1 atom stereocenters. The molecule has 1 aromatic heterocycles. The molecule has 0 aliphatic carbocycles. The van der Waals surface area contributed by atoms with Crippen LogP contribution in [0.25, 0.3) is 0 Å². The van der Waals surface area contributed by atoms with E-state index in [-0.39, 0.29) is 24.1 Å². The molecule has 1 heterocycles. The highest BCUT2D eigenvalue weighted by atomic mass is 16.5. The standard InChI is InChI=1S/C12H23N5O2/c1-7(2)9(6-18-5)14-11-15-10(13)16-12(17-11)19-8(3)4/h7-9H,6H2,1-5H3,(H3,13,14,15,16,17). The molecule has 3 N–H and O–H groups in total. The third-order valence-electron chi connectivity index (χ3n) is 2.44. The maximum Gasteiger partial charge on any atom is 0.323 e. The van der Waals surface area contributed by atoms with Crippen molar-refractivity contribution in [3.8, 4) is 6.01 Å². The van der Waals surface area contributed by atoms with E-state index in [0.717, 1.165) is 0 Å². The van der Waals surface area contributed by atoms with E-state index in [1.54, 1.807) is 7.11 Å². The maximum atomic E-state index is 5.65. The van der Waals surface area contributed by atoms with Crippen LogP contribution in [0.4, 0.5) is 11.9 Å². The lowest BCUT2D eigenvalue weighted by Gasteiger charge is -2.21. The summed E-state index contributed by atoms with van der Waals surface area (Å²) in [6, 6.07) is 0.323. The quantitative estimate of drug-likeness (QED) is 0.770. The largest absolute Gasteiger partial charge is 0.461 e. The van der Waals surface area contributed by atoms with Gasteiger partial charge in [0, 0.05) is 7.11 Å². The molecular formula is C12H23N5O2. The molecule has 7 heteroatoms. The van der Waals surface area contributed by atoms with Gasteiger partial charge in [0.25, 0.3) is 0 Å². The highest BCUT2D eigenvalue weighted by molar-refractivity contribution is 5.33. The van der Waals surface area contributed by atoms with Gasteiger partial charge in [-0.2, -0.15) is 15.0 Å². The molecule has 0 fully saturated rings. The second-order valence-corrected chi connectivity index (χ2v) is 4.92. The molecule has 0 saturated heterocycles. The summed E-state index contributed by atoms with van der Waals surface area (Å²) in [5.74, 6) is 0.902. The molecule has 0 bridgehead atoms. The Morgan fingerprint density at radius 1 is 1.16 bits per heavy atom. The van der Waals surface area contributed by atoms with Crippen LogP contribution in [-0.2, 0) is 4.74 Å². The number of nitrogen functional groups attached to an aromatic ring is 1. The van der Waals surface area contributed by atoms with E-state index in [1.807, 2.05) is 13.8 Å². The van der Waals surface area contributed by atoms with Gasteiger partial charge in [-0.1, -0.05) is 13.8 Å². The monoisotopic (exact) mass is 269 g/mol. The fraction of sp³-hybridized carbons (Fsp3) is 0.750. The number of methoxy groups -OCH3 is 1. The smallest absolute Gasteiger partial charge is 0.323 e. The average molecular weight is 269 g/mol. The summed E-state index contributed by atoms with van der Waals surface area (Å²) in [5.41, 5.74) is 5.65. The molecule has 108 valence electrons. The third kappa shape index (κ3) is 5.25. The summed E-state index contributed by atoms with van der Waals surface area (Å²) in [5, 5.41) is 3.19. The molecule has 1 unspecified atom stereocenters. The number of hydrogen-bond donors (Lipinski definition) is 2. The van der Waals surface area contributed by atoms with Crippen LogP contribution in [0.5, 0.6) is 6.01 Å². The summed E-state index contributed by atoms with van der Waals surface area (Å²) >= 11 is 0. The van der Waals surface area contributed by atoms with E-state index in [4.69, 9.17) is 15.2 Å². The van der Waals surface area contributed by atoms with Crippen molar-refractivity contribution >= 4 is 11.9 Å². The van der Waals surface area contributed by atoms with E-state index < -0.39 is 0 Å². The zero-order valence-electron chi connectivity index (χ0n) is 12.2. The van der Waals surface area contributed by atoms with Gasteiger partial charge in [0.05, 0.1) is 18.8 Å². The van der Waals surface area contributed by atoms with Crippen molar-refractivity contribution in [2.24, 2.45) is 5.92 Å². The number of anilines is 2. The molecule has 1 rings (SSSR count). The average Bonchev–Trinajstić information content (AvgIpc) is 2.26. The number of hydrogen-bond acceptors (Lipinski definition) is 7. The molecule has 19 heavy (non-hydrogen) atoms. The third-order valence-corrected chi connectivity index (χ3v) is 2.44. The number of nitrogens with zero attached hydrogens (tertiary/aromatic N) is 3. The first-order chi connectivity index (χ1) is 8.92. The number of ether oxygens (including phenoxy) is 2. The van der Waals surface area contributed by atoms with Crippen LogP contribution in [0.3, 0.4) is 0 Å². The van der Waals surface area contributed by atoms with Crippen LogP contribution >= 0.6 is 0 Å². The van der Waals surface area contributed by atoms with Gasteiger partial charge in [-0.05, 0) is 19.8 Å². The van der Waals surface area contributed by atoms with Crippen molar-refractivity contribution < 1.29 is 9.47 Å². The van der Waals surface area contributed by atoms with E-state index in [2.05, 4.69) is 34.1 Å². The topological polar surface area (TPSA) is 95.2 Å². The van der Waals surface area contributed by atoms with Gasteiger partial charge in [-0.3, -0.25) is 0 Å². The van der Waals surface area contributed by atoms with Crippen LogP contribution < -0.4 is 15.8 Å². The fourth-order valence-corrected chi connectivity index (χ4v) is 1.45. The van der Waals surface area contributed by atoms with E-state index >= 15 is 0 Å². The Morgan fingerprint density at radius 3 is 2.37 bits per heavy atom. The Balaban J connectivity index is 2.84. The van der Waals surface area contributed by atoms with Crippen molar-refractivity contribution in [2.75, 3.05) is 24.8 Å². The SMILES string of the molecule is COCC(Nc1nc(N)nc(OC(C)C)n1)C(C)C. The van der Waals surface area contributed by atoms with Crippen molar-refractivity contribution in [3.63, 3.8) is 0 Å². The normalized spacial score (nSPS) is 12.8. The first-order valence-corrected chi connectivity index (χ1v) is 6.36. The predicted molar refractivity (Wildman–Crippen MR) is 74.1 cm³/mol. The predicted octanol–water partition coefficient (Wildman–Crippen LogP) is 1.32. The second-order valence-electron chi connectivity index (χ2n) is 4.92. The molecule has 1 aromatic rings. The lowest BCUT2D eigenvalue weighted by Crippen LogP contribution is -2.31. The zero-order chi connectivity index (χ0) is 14.4. The molecule has 0 aromatic carbocycles. The summed E-state index contributed by atoms with van der Waals surface area (Å²) in [6.07, 6.45) is -0.0190. The van der Waals surface area contributed by atoms with Gasteiger partial charge in [0.2, 0.25) is 11.9 Å². The summed E-state index contributed by atoms with van der Waals surface area (Å²) < 4.78 is 10.6. The molecule has 0 aliphatic rings. The minimum Gasteiger partial charge on any atom is -0.461 e. The molecule has 0 amide bonds. The second kappa shape index (κ2) is 7.08. The Morgan fingerprint density at radius 2 is 1.84 bits per heavy atom. The molecule has 0 radical (unpaired) electrons. The summed E-state index contributed by atoms with van der Waals surface area (Å²) in [4.78, 5) is 12.2. The number of nitrogens with one attached hydrogen (secondary N) is 1. The maximum absolute atomic E-state index is 5.65. The van der Waals surface area contributed by atoms with E-state index in [9.17, 15) is 0 Å². The molecule has 0 saturated carbocycles. The summed E-state index contributed by atoms with van der Waals surface area (Å²) in [6.45, 7) is 8.53. The lowest BCUT2D eigenvalue weighted by molar-refractivity contribution is 0.170. The zero-order valence-corrected chi connectivity index (χ0v) is 12.2. The summed E-state index contributed by atoms with van der Waals surface area (Å²) in [7, 11) is 1.66. The van der Waals surface area contributed by atoms with Gasteiger partial charge in [-0.25, -0.2) is 0 Å². The molecule has 7 nitrogen and oxygen atoms in total. The van der Waals surface area contributed by atoms with Crippen LogP contribution in [0.2, 0.25) is 0 Å². The van der Waals surface area contributed by atoms with Crippen LogP contribution in [-0.4, -0.2) is 40.8 Å². The Labute approximate surface area is 113 Å². The number of aromatic nitrogens is 3. The van der Waals surface area contributed by atoms with Crippen LogP contribution in [0, 0.1) is 5.92 Å².